The first-order chi connectivity index (χ1) is 14.5. The highest BCUT2D eigenvalue weighted by atomic mass is 32.2. The van der Waals surface area contributed by atoms with Crippen molar-refractivity contribution in [1.29, 1.82) is 0 Å². The standard InChI is InChI=1S/C24H28N2O3S/c1-18-12-13-23(29-2)24(16-18)30(27,28)25-17-22(26-14-5-6-15-26)21-11-7-9-19-8-3-4-10-20(19)21/h3-4,7-13,16,22,25H,5-6,14-15,17H2,1-2H3/t22-/m1/s1. The molecule has 0 radical (unpaired) electrons. The largest absolute Gasteiger partial charge is 0.495 e. The summed E-state index contributed by atoms with van der Waals surface area (Å²) in [5, 5.41) is 2.34. The Hall–Kier alpha value is -2.41. The molecule has 30 heavy (non-hydrogen) atoms. The van der Waals surface area contributed by atoms with Crippen LogP contribution in [0.1, 0.15) is 30.0 Å². The summed E-state index contributed by atoms with van der Waals surface area (Å²) in [6.45, 7) is 4.14. The van der Waals surface area contributed by atoms with Gasteiger partial charge in [-0.15, -0.1) is 0 Å². The van der Waals surface area contributed by atoms with Gasteiger partial charge in [0.15, 0.2) is 0 Å². The summed E-state index contributed by atoms with van der Waals surface area (Å²) in [7, 11) is -2.22. The number of sulfonamides is 1. The minimum Gasteiger partial charge on any atom is -0.495 e. The van der Waals surface area contributed by atoms with E-state index in [0.717, 1.165) is 37.1 Å². The van der Waals surface area contributed by atoms with Crippen LogP contribution < -0.4 is 9.46 Å². The highest BCUT2D eigenvalue weighted by molar-refractivity contribution is 7.89. The number of hydrogen-bond donors (Lipinski definition) is 1. The van der Waals surface area contributed by atoms with Gasteiger partial charge in [-0.2, -0.15) is 0 Å². The van der Waals surface area contributed by atoms with E-state index in [9.17, 15) is 8.42 Å². The van der Waals surface area contributed by atoms with Crippen molar-refractivity contribution in [3.8, 4) is 5.75 Å². The zero-order valence-electron chi connectivity index (χ0n) is 17.5. The molecule has 1 atom stereocenters. The predicted octanol–water partition coefficient (Wildman–Crippen LogP) is 4.27. The molecule has 0 unspecified atom stereocenters. The number of ether oxygens (including phenoxy) is 1. The molecule has 3 aromatic carbocycles. The van der Waals surface area contributed by atoms with E-state index in [2.05, 4.69) is 40.0 Å². The number of fused-ring (bicyclic) bond motifs is 1. The summed E-state index contributed by atoms with van der Waals surface area (Å²) < 4.78 is 34.5. The Morgan fingerprint density at radius 2 is 1.77 bits per heavy atom. The SMILES string of the molecule is COc1ccc(C)cc1S(=O)(=O)NC[C@H](c1cccc2ccccc12)N1CCCC1. The van der Waals surface area contributed by atoms with Crippen molar-refractivity contribution in [2.75, 3.05) is 26.7 Å². The summed E-state index contributed by atoms with van der Waals surface area (Å²) in [5.41, 5.74) is 2.04. The minimum absolute atomic E-state index is 0.0239. The molecule has 0 bridgehead atoms. The summed E-state index contributed by atoms with van der Waals surface area (Å²) in [6, 6.07) is 19.7. The van der Waals surface area contributed by atoms with E-state index < -0.39 is 10.0 Å². The molecule has 5 nitrogen and oxygen atoms in total. The number of nitrogens with one attached hydrogen (secondary N) is 1. The minimum atomic E-state index is -3.71. The van der Waals surface area contributed by atoms with Gasteiger partial charge in [0, 0.05) is 12.6 Å². The van der Waals surface area contributed by atoms with Gasteiger partial charge in [-0.05, 0) is 66.9 Å². The van der Waals surface area contributed by atoms with Gasteiger partial charge in [-0.25, -0.2) is 13.1 Å². The lowest BCUT2D eigenvalue weighted by Gasteiger charge is -2.29. The maximum Gasteiger partial charge on any atom is 0.244 e. The molecular formula is C24H28N2O3S. The summed E-state index contributed by atoms with van der Waals surface area (Å²) in [6.07, 6.45) is 2.28. The average molecular weight is 425 g/mol. The lowest BCUT2D eigenvalue weighted by Crippen LogP contribution is -2.37. The van der Waals surface area contributed by atoms with Crippen LogP contribution in [-0.2, 0) is 10.0 Å². The molecule has 1 heterocycles. The molecule has 0 aliphatic carbocycles. The number of nitrogens with zero attached hydrogens (tertiary/aromatic N) is 1. The number of hydrogen-bond acceptors (Lipinski definition) is 4. The lowest BCUT2D eigenvalue weighted by molar-refractivity contribution is 0.248. The van der Waals surface area contributed by atoms with Crippen LogP contribution >= 0.6 is 0 Å². The first-order valence-electron chi connectivity index (χ1n) is 10.4. The highest BCUT2D eigenvalue weighted by Gasteiger charge is 2.28. The second-order valence-electron chi connectivity index (χ2n) is 7.83. The molecule has 0 saturated carbocycles. The van der Waals surface area contributed by atoms with Gasteiger partial charge in [0.25, 0.3) is 0 Å². The van der Waals surface area contributed by atoms with Crippen LogP contribution in [0, 0.1) is 6.92 Å². The molecule has 3 aromatic rings. The Balaban J connectivity index is 1.68. The van der Waals surface area contributed by atoms with Crippen LogP contribution in [0.2, 0.25) is 0 Å². The van der Waals surface area contributed by atoms with Gasteiger partial charge in [0.1, 0.15) is 10.6 Å². The predicted molar refractivity (Wildman–Crippen MR) is 120 cm³/mol. The van der Waals surface area contributed by atoms with E-state index in [4.69, 9.17) is 4.74 Å². The molecule has 1 aliphatic heterocycles. The summed E-state index contributed by atoms with van der Waals surface area (Å²) >= 11 is 0. The third-order valence-electron chi connectivity index (χ3n) is 5.84. The first kappa shape index (κ1) is 20.8. The summed E-state index contributed by atoms with van der Waals surface area (Å²) in [4.78, 5) is 2.57. The molecular weight excluding hydrogens is 396 g/mol. The number of aryl methyl sites for hydroxylation is 1. The fourth-order valence-corrected chi connectivity index (χ4v) is 5.58. The normalized spacial score (nSPS) is 16.1. The van der Waals surface area contributed by atoms with Crippen LogP contribution in [-0.4, -0.2) is 40.1 Å². The van der Waals surface area contributed by atoms with Gasteiger partial charge < -0.3 is 4.74 Å². The van der Waals surface area contributed by atoms with Crippen molar-refractivity contribution in [3.05, 3.63) is 71.8 Å². The van der Waals surface area contributed by atoms with E-state index in [1.807, 2.05) is 25.1 Å². The quantitative estimate of drug-likeness (QED) is 0.615. The molecule has 0 amide bonds. The molecule has 158 valence electrons. The van der Waals surface area contributed by atoms with Gasteiger partial charge >= 0.3 is 0 Å². The fraction of sp³-hybridized carbons (Fsp3) is 0.333. The number of rotatable bonds is 7. The van der Waals surface area contributed by atoms with E-state index >= 15 is 0 Å². The second-order valence-corrected chi connectivity index (χ2v) is 9.57. The monoisotopic (exact) mass is 424 g/mol. The van der Waals surface area contributed by atoms with E-state index in [1.165, 1.54) is 17.9 Å². The molecule has 1 N–H and O–H groups in total. The smallest absolute Gasteiger partial charge is 0.244 e. The average Bonchev–Trinajstić information content (AvgIpc) is 3.28. The van der Waals surface area contributed by atoms with Crippen LogP contribution in [0.15, 0.2) is 65.6 Å². The van der Waals surface area contributed by atoms with Crippen LogP contribution in [0.5, 0.6) is 5.75 Å². The fourth-order valence-electron chi connectivity index (χ4n) is 4.29. The Labute approximate surface area is 178 Å². The van der Waals surface area contributed by atoms with E-state index in [1.54, 1.807) is 12.1 Å². The van der Waals surface area contributed by atoms with Crippen molar-refractivity contribution in [2.24, 2.45) is 0 Å². The Bertz CT molecular complexity index is 1130. The molecule has 1 saturated heterocycles. The van der Waals surface area contributed by atoms with Crippen molar-refractivity contribution in [2.45, 2.75) is 30.7 Å². The number of likely N-dealkylation sites (tertiary alicyclic amines) is 1. The van der Waals surface area contributed by atoms with Gasteiger partial charge in [0.2, 0.25) is 10.0 Å². The molecule has 4 rings (SSSR count). The molecule has 0 spiro atoms. The maximum atomic E-state index is 13.2. The second kappa shape index (κ2) is 8.76. The lowest BCUT2D eigenvalue weighted by atomic mass is 9.98. The van der Waals surface area contributed by atoms with E-state index in [-0.39, 0.29) is 10.9 Å². The molecule has 1 aliphatic rings. The van der Waals surface area contributed by atoms with Gasteiger partial charge in [-0.3, -0.25) is 4.90 Å². The molecule has 0 aromatic heterocycles. The van der Waals surface area contributed by atoms with Crippen LogP contribution in [0.25, 0.3) is 10.8 Å². The van der Waals surface area contributed by atoms with Gasteiger partial charge in [0.05, 0.1) is 7.11 Å². The van der Waals surface area contributed by atoms with Crippen molar-refractivity contribution >= 4 is 20.8 Å². The maximum absolute atomic E-state index is 13.2. The number of benzene rings is 3. The Kier molecular flexibility index (Phi) is 6.09. The van der Waals surface area contributed by atoms with Crippen molar-refractivity contribution in [3.63, 3.8) is 0 Å². The molecule has 1 fully saturated rings. The third kappa shape index (κ3) is 4.21. The topological polar surface area (TPSA) is 58.6 Å². The third-order valence-corrected chi connectivity index (χ3v) is 7.28. The molecule has 6 heteroatoms. The van der Waals surface area contributed by atoms with Crippen molar-refractivity contribution in [1.82, 2.24) is 9.62 Å². The van der Waals surface area contributed by atoms with Crippen molar-refractivity contribution < 1.29 is 13.2 Å². The summed E-state index contributed by atoms with van der Waals surface area (Å²) in [5.74, 6) is 0.357. The van der Waals surface area contributed by atoms with E-state index in [0.29, 0.717) is 12.3 Å². The Morgan fingerprint density at radius 3 is 2.53 bits per heavy atom. The van der Waals surface area contributed by atoms with Gasteiger partial charge in [-0.1, -0.05) is 48.5 Å². The zero-order valence-corrected chi connectivity index (χ0v) is 18.3. The van der Waals surface area contributed by atoms with Crippen LogP contribution in [0.3, 0.4) is 0 Å². The Morgan fingerprint density at radius 1 is 1.03 bits per heavy atom. The zero-order chi connectivity index (χ0) is 21.1. The number of methoxy groups -OCH3 is 1. The first-order valence-corrected chi connectivity index (χ1v) is 11.8. The van der Waals surface area contributed by atoms with Crippen LogP contribution in [0.4, 0.5) is 0 Å². The highest BCUT2D eigenvalue weighted by Crippen LogP contribution is 2.31.